The Morgan fingerprint density at radius 3 is 2.56 bits per heavy atom. The molecule has 0 heterocycles. The molecule has 0 aliphatic rings. The minimum atomic E-state index is 0.0626. The summed E-state index contributed by atoms with van der Waals surface area (Å²) >= 11 is 5.51. The van der Waals surface area contributed by atoms with Crippen LogP contribution in [0, 0.1) is 0 Å². The molecule has 0 bridgehead atoms. The van der Waals surface area contributed by atoms with E-state index in [0.29, 0.717) is 6.04 Å². The Kier molecular flexibility index (Phi) is 6.53. The highest BCUT2D eigenvalue weighted by molar-refractivity contribution is 9.10. The fourth-order valence-corrected chi connectivity index (χ4v) is 3.15. The Balaban J connectivity index is 2.80. The first-order chi connectivity index (χ1) is 8.47. The van der Waals surface area contributed by atoms with E-state index >= 15 is 0 Å². The number of halogens is 1. The molecule has 0 amide bonds. The van der Waals surface area contributed by atoms with Gasteiger partial charge in [0.1, 0.15) is 0 Å². The van der Waals surface area contributed by atoms with E-state index in [9.17, 15) is 0 Å². The third-order valence-electron chi connectivity index (χ3n) is 3.28. The smallest absolute Gasteiger partial charge is 0.0377 e. The van der Waals surface area contributed by atoms with Gasteiger partial charge in [-0.15, -0.1) is 0 Å². The van der Waals surface area contributed by atoms with Crippen LogP contribution in [0.5, 0.6) is 0 Å². The molecule has 0 fully saturated rings. The van der Waals surface area contributed by atoms with E-state index in [1.54, 1.807) is 0 Å². The molecule has 1 aromatic carbocycles. The van der Waals surface area contributed by atoms with Crippen LogP contribution in [-0.4, -0.2) is 25.1 Å². The lowest BCUT2D eigenvalue weighted by atomic mass is 10.1. The van der Waals surface area contributed by atoms with Gasteiger partial charge in [0.05, 0.1) is 0 Å². The van der Waals surface area contributed by atoms with Crippen molar-refractivity contribution in [3.05, 3.63) is 28.2 Å². The van der Waals surface area contributed by atoms with E-state index in [-0.39, 0.29) is 6.04 Å². The Hall–Kier alpha value is -0.190. The molecule has 1 unspecified atom stereocenters. The molecule has 2 nitrogen and oxygen atoms in total. The van der Waals surface area contributed by atoms with Gasteiger partial charge in [0.15, 0.2) is 0 Å². The Labute approximate surface area is 123 Å². The summed E-state index contributed by atoms with van der Waals surface area (Å²) in [6.45, 7) is 4.27. The summed E-state index contributed by atoms with van der Waals surface area (Å²) in [7, 11) is 2.15. The van der Waals surface area contributed by atoms with Crippen molar-refractivity contribution < 1.29 is 0 Å². The van der Waals surface area contributed by atoms with Gasteiger partial charge in [0.2, 0.25) is 0 Å². The van der Waals surface area contributed by atoms with Crippen LogP contribution in [0.1, 0.15) is 31.9 Å². The highest BCUT2D eigenvalue weighted by Gasteiger charge is 2.12. The molecule has 0 saturated carbocycles. The molecule has 18 heavy (non-hydrogen) atoms. The second-order valence-corrected chi connectivity index (χ2v) is 6.58. The zero-order valence-corrected chi connectivity index (χ0v) is 14.0. The van der Waals surface area contributed by atoms with E-state index in [4.69, 9.17) is 5.73 Å². The van der Waals surface area contributed by atoms with E-state index in [2.05, 4.69) is 59.3 Å². The average molecular weight is 331 g/mol. The number of anilines is 1. The first kappa shape index (κ1) is 15.9. The quantitative estimate of drug-likeness (QED) is 0.853. The minimum absolute atomic E-state index is 0.0626. The lowest BCUT2D eigenvalue weighted by Gasteiger charge is -2.27. The molecular formula is C14H23BrN2S. The predicted octanol–water partition coefficient (Wildman–Crippen LogP) is 4.05. The van der Waals surface area contributed by atoms with Gasteiger partial charge in [-0.25, -0.2) is 0 Å². The third-order valence-corrected chi connectivity index (χ3v) is 4.61. The highest BCUT2D eigenvalue weighted by Crippen LogP contribution is 2.28. The summed E-state index contributed by atoms with van der Waals surface area (Å²) in [6.07, 6.45) is 3.35. The van der Waals surface area contributed by atoms with Crippen LogP contribution in [-0.2, 0) is 0 Å². The van der Waals surface area contributed by atoms with Crippen molar-refractivity contribution in [2.45, 2.75) is 32.4 Å². The molecule has 0 aliphatic heterocycles. The van der Waals surface area contributed by atoms with Crippen molar-refractivity contribution in [1.82, 2.24) is 0 Å². The molecule has 1 aromatic rings. The van der Waals surface area contributed by atoms with Crippen molar-refractivity contribution in [3.63, 3.8) is 0 Å². The van der Waals surface area contributed by atoms with Gasteiger partial charge in [-0.3, -0.25) is 0 Å². The van der Waals surface area contributed by atoms with Gasteiger partial charge in [-0.1, -0.05) is 22.0 Å². The molecule has 0 saturated heterocycles. The molecule has 2 N–H and O–H groups in total. The molecule has 0 spiro atoms. The lowest BCUT2D eigenvalue weighted by Crippen LogP contribution is -2.29. The Morgan fingerprint density at radius 2 is 2.06 bits per heavy atom. The molecule has 0 aromatic heterocycles. The number of nitrogens with zero attached hydrogens (tertiary/aromatic N) is 1. The van der Waals surface area contributed by atoms with Gasteiger partial charge in [-0.05, 0) is 50.0 Å². The van der Waals surface area contributed by atoms with Crippen LogP contribution < -0.4 is 10.6 Å². The van der Waals surface area contributed by atoms with Gasteiger partial charge >= 0.3 is 0 Å². The summed E-state index contributed by atoms with van der Waals surface area (Å²) < 4.78 is 1.10. The summed E-state index contributed by atoms with van der Waals surface area (Å²) in [4.78, 5) is 2.33. The van der Waals surface area contributed by atoms with E-state index < -0.39 is 0 Å². The third kappa shape index (κ3) is 4.18. The maximum Gasteiger partial charge on any atom is 0.0377 e. The summed E-state index contributed by atoms with van der Waals surface area (Å²) in [5.74, 6) is 1.20. The van der Waals surface area contributed by atoms with Gasteiger partial charge in [-0.2, -0.15) is 11.8 Å². The summed E-state index contributed by atoms with van der Waals surface area (Å²) in [5.41, 5.74) is 8.31. The Bertz CT molecular complexity index is 382. The van der Waals surface area contributed by atoms with Crippen LogP contribution in [0.25, 0.3) is 0 Å². The maximum absolute atomic E-state index is 5.92. The molecular weight excluding hydrogens is 308 g/mol. The largest absolute Gasteiger partial charge is 0.372 e. The van der Waals surface area contributed by atoms with E-state index in [1.807, 2.05) is 18.7 Å². The van der Waals surface area contributed by atoms with Gasteiger partial charge in [0.25, 0.3) is 0 Å². The normalized spacial score (nSPS) is 14.3. The first-order valence-electron chi connectivity index (χ1n) is 6.24. The molecule has 102 valence electrons. The van der Waals surface area contributed by atoms with Crippen molar-refractivity contribution >= 4 is 33.4 Å². The molecule has 1 rings (SSSR count). The van der Waals surface area contributed by atoms with Crippen LogP contribution in [0.4, 0.5) is 5.69 Å². The van der Waals surface area contributed by atoms with Crippen LogP contribution in [0.15, 0.2) is 22.7 Å². The molecule has 0 aliphatic carbocycles. The van der Waals surface area contributed by atoms with E-state index in [1.165, 1.54) is 17.9 Å². The second-order valence-electron chi connectivity index (χ2n) is 4.74. The summed E-state index contributed by atoms with van der Waals surface area (Å²) in [5, 5.41) is 0. The van der Waals surface area contributed by atoms with Crippen LogP contribution >= 0.6 is 27.7 Å². The maximum atomic E-state index is 5.92. The monoisotopic (exact) mass is 330 g/mol. The SMILES string of the molecule is CSCCC(C)N(C)c1ccc([C@H](C)N)c(Br)c1. The minimum Gasteiger partial charge on any atom is -0.372 e. The predicted molar refractivity (Wildman–Crippen MR) is 87.6 cm³/mol. The fourth-order valence-electron chi connectivity index (χ4n) is 1.84. The second kappa shape index (κ2) is 7.41. The number of hydrogen-bond acceptors (Lipinski definition) is 3. The van der Waals surface area contributed by atoms with Crippen molar-refractivity contribution in [2.75, 3.05) is 24.0 Å². The number of hydrogen-bond donors (Lipinski definition) is 1. The number of benzene rings is 1. The zero-order chi connectivity index (χ0) is 13.7. The molecule has 0 radical (unpaired) electrons. The standard InChI is InChI=1S/C14H23BrN2S/c1-10(7-8-18-4)17(3)12-5-6-13(11(2)16)14(15)9-12/h5-6,9-11H,7-8,16H2,1-4H3/t10?,11-/m0/s1. The number of thioether (sulfide) groups is 1. The van der Waals surface area contributed by atoms with Gasteiger partial charge in [0, 0.05) is 29.3 Å². The Morgan fingerprint density at radius 1 is 1.39 bits per heavy atom. The van der Waals surface area contributed by atoms with E-state index in [0.717, 1.165) is 10.0 Å². The van der Waals surface area contributed by atoms with Crippen molar-refractivity contribution in [2.24, 2.45) is 5.73 Å². The topological polar surface area (TPSA) is 29.3 Å². The highest BCUT2D eigenvalue weighted by atomic mass is 79.9. The zero-order valence-electron chi connectivity index (χ0n) is 11.6. The molecule has 2 atom stereocenters. The lowest BCUT2D eigenvalue weighted by molar-refractivity contribution is 0.669. The molecule has 4 heteroatoms. The van der Waals surface area contributed by atoms with Crippen molar-refractivity contribution in [1.29, 1.82) is 0 Å². The number of nitrogens with two attached hydrogens (primary N) is 1. The fraction of sp³-hybridized carbons (Fsp3) is 0.571. The summed E-state index contributed by atoms with van der Waals surface area (Å²) in [6, 6.07) is 7.04. The van der Waals surface area contributed by atoms with Crippen LogP contribution in [0.3, 0.4) is 0 Å². The average Bonchev–Trinajstić information content (AvgIpc) is 2.34. The number of rotatable bonds is 6. The van der Waals surface area contributed by atoms with Gasteiger partial charge < -0.3 is 10.6 Å². The van der Waals surface area contributed by atoms with Crippen molar-refractivity contribution in [3.8, 4) is 0 Å². The first-order valence-corrected chi connectivity index (χ1v) is 8.42. The van der Waals surface area contributed by atoms with Crippen LogP contribution in [0.2, 0.25) is 0 Å².